The van der Waals surface area contributed by atoms with Gasteiger partial charge in [0.15, 0.2) is 0 Å². The summed E-state index contributed by atoms with van der Waals surface area (Å²) in [5.74, 6) is 0.112. The van der Waals surface area contributed by atoms with Crippen LogP contribution < -0.4 is 4.90 Å². The van der Waals surface area contributed by atoms with Crippen molar-refractivity contribution in [3.63, 3.8) is 0 Å². The summed E-state index contributed by atoms with van der Waals surface area (Å²) in [7, 11) is 0. The van der Waals surface area contributed by atoms with Gasteiger partial charge < -0.3 is 4.90 Å². The Labute approximate surface area is 102 Å². The Morgan fingerprint density at radius 2 is 2.33 bits per heavy atom. The highest BCUT2D eigenvalue weighted by Crippen LogP contribution is 2.29. The van der Waals surface area contributed by atoms with E-state index in [0.717, 1.165) is 16.0 Å². The summed E-state index contributed by atoms with van der Waals surface area (Å²) in [5, 5.41) is 0.130. The maximum Gasteiger partial charge on any atom is 0.228 e. The van der Waals surface area contributed by atoms with E-state index < -0.39 is 0 Å². The van der Waals surface area contributed by atoms with E-state index in [1.54, 1.807) is 4.90 Å². The summed E-state index contributed by atoms with van der Waals surface area (Å²) in [4.78, 5) is 17.7. The maximum absolute atomic E-state index is 11.7. The van der Waals surface area contributed by atoms with Crippen LogP contribution in [0.25, 0.3) is 0 Å². The fourth-order valence-electron chi connectivity index (χ4n) is 1.64. The molecule has 1 aromatic rings. The second kappa shape index (κ2) is 4.14. The monoisotopic (exact) mass is 286 g/mol. The Morgan fingerprint density at radius 3 is 2.87 bits per heavy atom. The van der Waals surface area contributed by atoms with E-state index in [1.165, 1.54) is 0 Å². The maximum atomic E-state index is 11.7. The largest absolute Gasteiger partial charge is 0.309 e. The molecule has 0 aromatic carbocycles. The van der Waals surface area contributed by atoms with Crippen LogP contribution in [0.3, 0.4) is 0 Å². The fraction of sp³-hybridized carbons (Fsp3) is 0.400. The molecular weight excluding hydrogens is 276 g/mol. The number of hydrogen-bond donors (Lipinski definition) is 1. The summed E-state index contributed by atoms with van der Waals surface area (Å²) in [6, 6.07) is 3.81. The number of thiol groups is 1. The molecule has 1 atom stereocenters. The molecule has 1 fully saturated rings. The highest BCUT2D eigenvalue weighted by atomic mass is 79.9. The number of aromatic nitrogens is 1. The van der Waals surface area contributed by atoms with Gasteiger partial charge in [0.2, 0.25) is 5.91 Å². The van der Waals surface area contributed by atoms with Crippen molar-refractivity contribution in [2.24, 2.45) is 0 Å². The minimum absolute atomic E-state index is 0.112. The third-order valence-electron chi connectivity index (χ3n) is 2.36. The third kappa shape index (κ3) is 2.18. The van der Waals surface area contributed by atoms with Gasteiger partial charge in [0.1, 0.15) is 4.60 Å². The van der Waals surface area contributed by atoms with Crippen LogP contribution in [0.1, 0.15) is 12.1 Å². The van der Waals surface area contributed by atoms with E-state index in [-0.39, 0.29) is 11.2 Å². The van der Waals surface area contributed by atoms with E-state index in [1.807, 2.05) is 19.1 Å². The minimum Gasteiger partial charge on any atom is -0.309 e. The number of amides is 1. The minimum atomic E-state index is 0.112. The van der Waals surface area contributed by atoms with E-state index in [4.69, 9.17) is 0 Å². The van der Waals surface area contributed by atoms with Crippen molar-refractivity contribution in [1.82, 2.24) is 4.98 Å². The quantitative estimate of drug-likeness (QED) is 0.634. The van der Waals surface area contributed by atoms with Crippen LogP contribution in [0.4, 0.5) is 5.69 Å². The first-order valence-electron chi connectivity index (χ1n) is 4.69. The SMILES string of the molecule is Cc1ccc(N2CC(S)CC2=O)c(Br)n1. The van der Waals surface area contributed by atoms with Gasteiger partial charge in [0.05, 0.1) is 5.69 Å². The predicted octanol–water partition coefficient (Wildman–Crippen LogP) is 2.19. The van der Waals surface area contributed by atoms with Crippen molar-refractivity contribution in [2.45, 2.75) is 18.6 Å². The standard InChI is InChI=1S/C10H11BrN2OS/c1-6-2-3-8(10(11)12-6)13-5-7(15)4-9(13)14/h2-3,7,15H,4-5H2,1H3. The molecule has 5 heteroatoms. The zero-order valence-electron chi connectivity index (χ0n) is 8.27. The molecule has 1 amide bonds. The smallest absolute Gasteiger partial charge is 0.228 e. The summed E-state index contributed by atoms with van der Waals surface area (Å²) < 4.78 is 0.721. The highest BCUT2D eigenvalue weighted by Gasteiger charge is 2.29. The lowest BCUT2D eigenvalue weighted by Crippen LogP contribution is -2.25. The van der Waals surface area contributed by atoms with Gasteiger partial charge in [0.25, 0.3) is 0 Å². The van der Waals surface area contributed by atoms with Gasteiger partial charge in [-0.3, -0.25) is 4.79 Å². The lowest BCUT2D eigenvalue weighted by Gasteiger charge is -2.17. The average Bonchev–Trinajstić information content (AvgIpc) is 2.45. The Morgan fingerprint density at radius 1 is 1.60 bits per heavy atom. The van der Waals surface area contributed by atoms with E-state index >= 15 is 0 Å². The summed E-state index contributed by atoms with van der Waals surface area (Å²) in [6.45, 7) is 2.58. The van der Waals surface area contributed by atoms with E-state index in [2.05, 4.69) is 33.5 Å². The lowest BCUT2D eigenvalue weighted by atomic mass is 10.3. The van der Waals surface area contributed by atoms with Crippen LogP contribution in [0.2, 0.25) is 0 Å². The fourth-order valence-corrected chi connectivity index (χ4v) is 2.59. The van der Waals surface area contributed by atoms with Crippen molar-refractivity contribution in [2.75, 3.05) is 11.4 Å². The molecule has 0 saturated carbocycles. The van der Waals surface area contributed by atoms with Crippen LogP contribution in [-0.2, 0) is 4.79 Å². The summed E-state index contributed by atoms with van der Waals surface area (Å²) in [6.07, 6.45) is 0.503. The van der Waals surface area contributed by atoms with Crippen molar-refractivity contribution in [3.8, 4) is 0 Å². The summed E-state index contributed by atoms with van der Waals surface area (Å²) >= 11 is 7.69. The first kappa shape index (κ1) is 11.0. The lowest BCUT2D eigenvalue weighted by molar-refractivity contribution is -0.117. The number of anilines is 1. The molecule has 2 rings (SSSR count). The van der Waals surface area contributed by atoms with Crippen molar-refractivity contribution < 1.29 is 4.79 Å². The summed E-state index contributed by atoms with van der Waals surface area (Å²) in [5.41, 5.74) is 1.77. The second-order valence-electron chi connectivity index (χ2n) is 3.62. The topological polar surface area (TPSA) is 33.2 Å². The number of pyridine rings is 1. The van der Waals surface area contributed by atoms with Crippen LogP contribution in [0, 0.1) is 6.92 Å². The normalized spacial score (nSPS) is 21.1. The number of carbonyl (C=O) groups excluding carboxylic acids is 1. The number of hydrogen-bond acceptors (Lipinski definition) is 3. The van der Waals surface area contributed by atoms with Crippen LogP contribution in [0.5, 0.6) is 0 Å². The molecule has 15 heavy (non-hydrogen) atoms. The number of halogens is 1. The highest BCUT2D eigenvalue weighted by molar-refractivity contribution is 9.10. The molecule has 1 saturated heterocycles. The van der Waals surface area contributed by atoms with Crippen LogP contribution in [0.15, 0.2) is 16.7 Å². The Bertz CT molecular complexity index is 410. The van der Waals surface area contributed by atoms with Gasteiger partial charge in [-0.2, -0.15) is 12.6 Å². The molecule has 3 nitrogen and oxygen atoms in total. The second-order valence-corrected chi connectivity index (χ2v) is 5.11. The van der Waals surface area contributed by atoms with Crippen molar-refractivity contribution in [1.29, 1.82) is 0 Å². The third-order valence-corrected chi connectivity index (χ3v) is 3.29. The van der Waals surface area contributed by atoms with Gasteiger partial charge in [-0.05, 0) is 35.0 Å². The zero-order valence-corrected chi connectivity index (χ0v) is 10.8. The molecular formula is C10H11BrN2OS. The van der Waals surface area contributed by atoms with E-state index in [9.17, 15) is 4.79 Å². The van der Waals surface area contributed by atoms with Crippen LogP contribution >= 0.6 is 28.6 Å². The number of nitrogens with zero attached hydrogens (tertiary/aromatic N) is 2. The van der Waals surface area contributed by atoms with Crippen molar-refractivity contribution >= 4 is 40.2 Å². The Hall–Kier alpha value is -0.550. The van der Waals surface area contributed by atoms with Gasteiger partial charge in [-0.25, -0.2) is 4.98 Å². The van der Waals surface area contributed by atoms with Crippen molar-refractivity contribution in [3.05, 3.63) is 22.4 Å². The van der Waals surface area contributed by atoms with Gasteiger partial charge in [-0.1, -0.05) is 0 Å². The number of rotatable bonds is 1. The Balaban J connectivity index is 2.34. The van der Waals surface area contributed by atoms with Crippen LogP contribution in [-0.4, -0.2) is 22.7 Å². The average molecular weight is 287 g/mol. The Kier molecular flexibility index (Phi) is 3.02. The number of aryl methyl sites for hydroxylation is 1. The molecule has 0 bridgehead atoms. The number of carbonyl (C=O) groups is 1. The first-order chi connectivity index (χ1) is 7.08. The molecule has 80 valence electrons. The molecule has 1 aliphatic rings. The molecule has 1 unspecified atom stereocenters. The van der Waals surface area contributed by atoms with Gasteiger partial charge in [-0.15, -0.1) is 0 Å². The molecule has 1 aromatic heterocycles. The molecule has 0 aliphatic carbocycles. The molecule has 1 aliphatic heterocycles. The molecule has 0 N–H and O–H groups in total. The predicted molar refractivity (Wildman–Crippen MR) is 66.4 cm³/mol. The van der Waals surface area contributed by atoms with Gasteiger partial charge >= 0.3 is 0 Å². The molecule has 0 radical (unpaired) electrons. The zero-order chi connectivity index (χ0) is 11.0. The molecule has 2 heterocycles. The van der Waals surface area contributed by atoms with Gasteiger partial charge in [0, 0.05) is 23.9 Å². The van der Waals surface area contributed by atoms with E-state index in [0.29, 0.717) is 13.0 Å². The molecule has 0 spiro atoms. The first-order valence-corrected chi connectivity index (χ1v) is 6.00.